The van der Waals surface area contributed by atoms with Crippen LogP contribution in [0.1, 0.15) is 14.9 Å². The fourth-order valence-corrected chi connectivity index (χ4v) is 5.40. The van der Waals surface area contributed by atoms with Crippen molar-refractivity contribution >= 4 is 76.6 Å². The highest BCUT2D eigenvalue weighted by Gasteiger charge is 2.15. The van der Waals surface area contributed by atoms with Crippen LogP contribution in [0, 0.1) is 0 Å². The Labute approximate surface area is 225 Å². The molecular formula is C36H28O3. The van der Waals surface area contributed by atoms with Gasteiger partial charge in [0.15, 0.2) is 0 Å². The Kier molecular flexibility index (Phi) is 5.85. The molecule has 9 aromatic rings. The minimum Gasteiger partial charge on any atom is -0.456 e. The topological polar surface area (TPSA) is 39.4 Å². The van der Waals surface area contributed by atoms with E-state index in [1.807, 2.05) is 60.7 Å². The Balaban J connectivity index is 0.000000137. The molecule has 0 fully saturated rings. The molecule has 3 nitrogen and oxygen atoms in total. The van der Waals surface area contributed by atoms with Crippen molar-refractivity contribution in [1.82, 2.24) is 0 Å². The molecule has 3 heterocycles. The van der Waals surface area contributed by atoms with Crippen LogP contribution < -0.4 is 0 Å². The second-order valence-electron chi connectivity index (χ2n) is 9.31. The molecule has 0 aliphatic rings. The summed E-state index contributed by atoms with van der Waals surface area (Å²) in [6.45, 7) is 0. The summed E-state index contributed by atoms with van der Waals surface area (Å²) < 4.78 is 17.8. The zero-order valence-corrected chi connectivity index (χ0v) is 19.8. The van der Waals surface area contributed by atoms with Crippen molar-refractivity contribution in [2.24, 2.45) is 0 Å². The summed E-state index contributed by atoms with van der Waals surface area (Å²) in [6.07, 6.45) is 0. The first-order chi connectivity index (χ1) is 18.3. The van der Waals surface area contributed by atoms with Crippen molar-refractivity contribution in [2.45, 2.75) is 14.9 Å². The molecule has 9 rings (SSSR count). The lowest BCUT2D eigenvalue weighted by molar-refractivity contribution is 0.662. The summed E-state index contributed by atoms with van der Waals surface area (Å²) in [5.41, 5.74) is 5.52. The van der Waals surface area contributed by atoms with Crippen molar-refractivity contribution in [3.05, 3.63) is 121 Å². The summed E-state index contributed by atoms with van der Waals surface area (Å²) in [7, 11) is 0. The van der Waals surface area contributed by atoms with Crippen molar-refractivity contribution in [1.29, 1.82) is 0 Å². The summed E-state index contributed by atoms with van der Waals surface area (Å²) >= 11 is 0. The van der Waals surface area contributed by atoms with Crippen LogP contribution in [0.15, 0.2) is 135 Å². The maximum Gasteiger partial charge on any atom is 0.147 e. The van der Waals surface area contributed by atoms with E-state index in [-0.39, 0.29) is 14.9 Å². The molecule has 0 amide bonds. The lowest BCUT2D eigenvalue weighted by Crippen LogP contribution is -1.71. The van der Waals surface area contributed by atoms with Gasteiger partial charge in [0.1, 0.15) is 33.5 Å². The Bertz CT molecular complexity index is 2250. The largest absolute Gasteiger partial charge is 0.456 e. The van der Waals surface area contributed by atoms with Crippen molar-refractivity contribution in [3.8, 4) is 0 Å². The molecule has 0 bridgehead atoms. The predicted molar refractivity (Wildman–Crippen MR) is 166 cm³/mol. The number of benzene rings is 6. The third-order valence-corrected chi connectivity index (χ3v) is 7.13. The van der Waals surface area contributed by atoms with E-state index in [2.05, 4.69) is 60.7 Å². The molecule has 0 aliphatic heterocycles. The standard InChI is InChI=1S/C18H10O2.C16H10O.2CH4/c1-3-7-14-11(5-1)12-9-10-16-17(18(12)20-14)13-6-2-4-8-15(13)19-16;1-2-6-12-10-16-14(9-11(12)5-1)13-7-3-4-8-15(13)17-16;;/h1-10H;1-10H;2*1H4. The first-order valence-electron chi connectivity index (χ1n) is 12.3. The summed E-state index contributed by atoms with van der Waals surface area (Å²) in [4.78, 5) is 0. The van der Waals surface area contributed by atoms with Gasteiger partial charge in [-0.05, 0) is 53.2 Å². The zero-order valence-electron chi connectivity index (χ0n) is 19.8. The third kappa shape index (κ3) is 3.74. The molecule has 0 atom stereocenters. The van der Waals surface area contributed by atoms with Gasteiger partial charge in [0.2, 0.25) is 0 Å². The molecule has 0 spiro atoms. The van der Waals surface area contributed by atoms with Crippen LogP contribution in [0.5, 0.6) is 0 Å². The van der Waals surface area contributed by atoms with Crippen LogP contribution in [0.4, 0.5) is 0 Å². The summed E-state index contributed by atoms with van der Waals surface area (Å²) in [5, 5.41) is 9.31. The molecular weight excluding hydrogens is 480 g/mol. The fourth-order valence-electron chi connectivity index (χ4n) is 5.40. The molecule has 0 unspecified atom stereocenters. The lowest BCUT2D eigenvalue weighted by Gasteiger charge is -1.96. The average Bonchev–Trinajstić information content (AvgIpc) is 3.62. The fraction of sp³-hybridized carbons (Fsp3) is 0.0556. The van der Waals surface area contributed by atoms with Crippen molar-refractivity contribution in [3.63, 3.8) is 0 Å². The van der Waals surface area contributed by atoms with Gasteiger partial charge < -0.3 is 13.3 Å². The van der Waals surface area contributed by atoms with Gasteiger partial charge in [-0.3, -0.25) is 0 Å². The van der Waals surface area contributed by atoms with E-state index in [9.17, 15) is 0 Å². The third-order valence-electron chi connectivity index (χ3n) is 7.13. The van der Waals surface area contributed by atoms with E-state index in [1.165, 1.54) is 21.5 Å². The molecule has 0 N–H and O–H groups in total. The Morgan fingerprint density at radius 2 is 0.846 bits per heavy atom. The Hall–Kier alpha value is -5.02. The average molecular weight is 509 g/mol. The van der Waals surface area contributed by atoms with Gasteiger partial charge in [0.25, 0.3) is 0 Å². The van der Waals surface area contributed by atoms with Gasteiger partial charge in [0.05, 0.1) is 5.39 Å². The van der Waals surface area contributed by atoms with Crippen LogP contribution in [-0.2, 0) is 0 Å². The van der Waals surface area contributed by atoms with E-state index in [1.54, 1.807) is 0 Å². The van der Waals surface area contributed by atoms with Gasteiger partial charge in [-0.1, -0.05) is 93.7 Å². The molecule has 3 heteroatoms. The number of fused-ring (bicyclic) bond motifs is 11. The first-order valence-corrected chi connectivity index (χ1v) is 12.3. The number of para-hydroxylation sites is 3. The highest BCUT2D eigenvalue weighted by molar-refractivity contribution is 6.21. The van der Waals surface area contributed by atoms with Crippen LogP contribution in [0.3, 0.4) is 0 Å². The minimum atomic E-state index is 0. The van der Waals surface area contributed by atoms with Crippen LogP contribution in [0.2, 0.25) is 0 Å². The van der Waals surface area contributed by atoms with Crippen LogP contribution in [0.25, 0.3) is 76.6 Å². The van der Waals surface area contributed by atoms with E-state index in [0.29, 0.717) is 0 Å². The molecule has 0 aliphatic carbocycles. The van der Waals surface area contributed by atoms with Gasteiger partial charge in [0, 0.05) is 26.9 Å². The number of rotatable bonds is 0. The SMILES string of the molecule is C.C.c1ccc2c(c1)oc1c2ccc2oc3ccccc3c21.c1ccc2cc3c(cc2c1)oc1ccccc13. The number of hydrogen-bond donors (Lipinski definition) is 0. The quantitative estimate of drug-likeness (QED) is 0.204. The van der Waals surface area contributed by atoms with Gasteiger partial charge in [-0.2, -0.15) is 0 Å². The van der Waals surface area contributed by atoms with Gasteiger partial charge >= 0.3 is 0 Å². The van der Waals surface area contributed by atoms with Crippen LogP contribution in [-0.4, -0.2) is 0 Å². The van der Waals surface area contributed by atoms with Crippen molar-refractivity contribution < 1.29 is 13.3 Å². The number of furan rings is 3. The molecule has 6 aromatic carbocycles. The smallest absolute Gasteiger partial charge is 0.147 e. The monoisotopic (exact) mass is 508 g/mol. The van der Waals surface area contributed by atoms with E-state index in [0.717, 1.165) is 55.0 Å². The number of hydrogen-bond acceptors (Lipinski definition) is 3. The Morgan fingerprint density at radius 1 is 0.333 bits per heavy atom. The van der Waals surface area contributed by atoms with Gasteiger partial charge in [-0.25, -0.2) is 0 Å². The predicted octanol–water partition coefficient (Wildman–Crippen LogP) is 11.5. The zero-order chi connectivity index (χ0) is 24.3. The molecule has 190 valence electrons. The van der Waals surface area contributed by atoms with E-state index in [4.69, 9.17) is 13.3 Å². The molecule has 39 heavy (non-hydrogen) atoms. The highest BCUT2D eigenvalue weighted by Crippen LogP contribution is 2.38. The maximum absolute atomic E-state index is 6.07. The second kappa shape index (κ2) is 9.38. The summed E-state index contributed by atoms with van der Waals surface area (Å²) in [5.74, 6) is 0. The normalized spacial score (nSPS) is 11.2. The van der Waals surface area contributed by atoms with Crippen molar-refractivity contribution in [2.75, 3.05) is 0 Å². The molecule has 0 saturated heterocycles. The lowest BCUT2D eigenvalue weighted by atomic mass is 10.1. The van der Waals surface area contributed by atoms with Gasteiger partial charge in [-0.15, -0.1) is 0 Å². The molecule has 0 saturated carbocycles. The maximum atomic E-state index is 6.07. The van der Waals surface area contributed by atoms with E-state index >= 15 is 0 Å². The first kappa shape index (κ1) is 24.3. The van der Waals surface area contributed by atoms with E-state index < -0.39 is 0 Å². The molecule has 0 radical (unpaired) electrons. The van der Waals surface area contributed by atoms with Crippen LogP contribution >= 0.6 is 0 Å². The Morgan fingerprint density at radius 3 is 1.56 bits per heavy atom. The minimum absolute atomic E-state index is 0. The highest BCUT2D eigenvalue weighted by atomic mass is 16.3. The second-order valence-corrected chi connectivity index (χ2v) is 9.31. The molecule has 3 aromatic heterocycles. The summed E-state index contributed by atoms with van der Waals surface area (Å²) in [6, 6.07) is 41.2.